The maximum atomic E-state index is 11.3. The predicted octanol–water partition coefficient (Wildman–Crippen LogP) is -1.41. The smallest absolute Gasteiger partial charge is 0.333 e. The van der Waals surface area contributed by atoms with E-state index in [1.807, 2.05) is 6.92 Å². The van der Waals surface area contributed by atoms with Crippen LogP contribution in [0.25, 0.3) is 0 Å². The highest BCUT2D eigenvalue weighted by atomic mass is 35.5. The van der Waals surface area contributed by atoms with Crippen molar-refractivity contribution >= 4 is 5.97 Å². The topological polar surface area (TPSA) is 26.3 Å². The summed E-state index contributed by atoms with van der Waals surface area (Å²) in [5.74, 6) is -0.287. The van der Waals surface area contributed by atoms with Crippen molar-refractivity contribution in [3.63, 3.8) is 0 Å². The van der Waals surface area contributed by atoms with Crippen LogP contribution in [0, 0.1) is 0 Å². The second-order valence-corrected chi connectivity index (χ2v) is 4.69. The lowest BCUT2D eigenvalue weighted by Gasteiger charge is -2.28. The summed E-state index contributed by atoms with van der Waals surface area (Å²) in [5.41, 5.74) is 0.463. The molecule has 0 aromatic rings. The number of quaternary nitrogens is 1. The average Bonchev–Trinajstić information content (AvgIpc) is 2.00. The van der Waals surface area contributed by atoms with E-state index in [0.717, 1.165) is 17.4 Å². The number of hydrogen-bond donors (Lipinski definition) is 0. The minimum absolute atomic E-state index is 0. The van der Waals surface area contributed by atoms with Gasteiger partial charge in [-0.15, -0.1) is 0 Å². The molecule has 0 aromatic heterocycles. The minimum atomic E-state index is -0.287. The number of ether oxygens (including phenoxy) is 1. The lowest BCUT2D eigenvalue weighted by Crippen LogP contribution is -3.00. The van der Waals surface area contributed by atoms with Crippen LogP contribution in [-0.4, -0.2) is 44.2 Å². The Morgan fingerprint density at radius 2 is 1.87 bits per heavy atom. The van der Waals surface area contributed by atoms with Crippen LogP contribution >= 0.6 is 0 Å². The summed E-state index contributed by atoms with van der Waals surface area (Å²) in [6.07, 6.45) is 0.827. The number of carbonyl (C=O) groups excluding carboxylic acids is 1. The van der Waals surface area contributed by atoms with E-state index < -0.39 is 0 Å². The van der Waals surface area contributed by atoms with Gasteiger partial charge in [0.05, 0.1) is 21.1 Å². The van der Waals surface area contributed by atoms with Gasteiger partial charge in [-0.2, -0.15) is 0 Å². The van der Waals surface area contributed by atoms with E-state index >= 15 is 0 Å². The zero-order valence-electron chi connectivity index (χ0n) is 10.3. The van der Waals surface area contributed by atoms with Crippen LogP contribution in [0.15, 0.2) is 12.2 Å². The van der Waals surface area contributed by atoms with Crippen LogP contribution in [0.1, 0.15) is 20.3 Å². The molecule has 0 radical (unpaired) electrons. The van der Waals surface area contributed by atoms with E-state index in [1.165, 1.54) is 0 Å². The van der Waals surface area contributed by atoms with Gasteiger partial charge in [0.1, 0.15) is 6.54 Å². The van der Waals surface area contributed by atoms with Gasteiger partial charge in [-0.05, 0) is 13.3 Å². The Morgan fingerprint density at radius 3 is 2.13 bits per heavy atom. The number of carbonyl (C=O) groups is 1. The molecule has 15 heavy (non-hydrogen) atoms. The molecule has 1 atom stereocenters. The van der Waals surface area contributed by atoms with E-state index in [-0.39, 0.29) is 24.5 Å². The molecule has 0 aliphatic rings. The lowest BCUT2D eigenvalue weighted by molar-refractivity contribution is -0.873. The predicted molar refractivity (Wildman–Crippen MR) is 57.9 cm³/mol. The number of nitrogens with zero attached hydrogens (tertiary/aromatic N) is 1. The summed E-state index contributed by atoms with van der Waals surface area (Å²) in [7, 11) is 6.24. The molecule has 0 aliphatic heterocycles. The molecule has 0 aliphatic carbocycles. The molecule has 4 heteroatoms. The fourth-order valence-corrected chi connectivity index (χ4v) is 1.11. The van der Waals surface area contributed by atoms with Crippen molar-refractivity contribution in [2.75, 3.05) is 27.7 Å². The van der Waals surface area contributed by atoms with Crippen LogP contribution < -0.4 is 12.4 Å². The third kappa shape index (κ3) is 8.45. The third-order valence-electron chi connectivity index (χ3n) is 1.83. The van der Waals surface area contributed by atoms with Gasteiger partial charge in [-0.25, -0.2) is 4.79 Å². The van der Waals surface area contributed by atoms with Crippen LogP contribution in [0.3, 0.4) is 0 Å². The van der Waals surface area contributed by atoms with Crippen molar-refractivity contribution in [1.29, 1.82) is 0 Å². The molecule has 0 amide bonds. The standard InChI is InChI=1S/C11H22NO2.ClH/c1-7-10(8-12(4,5)6)14-11(13)9(2)3;/h10H,2,7-8H2,1,3-6H3;1H/q+1;/p-1. The first-order valence-corrected chi connectivity index (χ1v) is 4.93. The molecule has 0 bridgehead atoms. The molecule has 0 aromatic carbocycles. The molecule has 3 nitrogen and oxygen atoms in total. The summed E-state index contributed by atoms with van der Waals surface area (Å²) in [6, 6.07) is 0. The monoisotopic (exact) mass is 235 g/mol. The molecule has 0 rings (SSSR count). The molecular weight excluding hydrogens is 214 g/mol. The van der Waals surface area contributed by atoms with Crippen molar-refractivity contribution < 1.29 is 26.4 Å². The number of rotatable bonds is 5. The first-order chi connectivity index (χ1) is 6.26. The average molecular weight is 236 g/mol. The maximum Gasteiger partial charge on any atom is 0.333 e. The van der Waals surface area contributed by atoms with E-state index in [9.17, 15) is 4.79 Å². The highest BCUT2D eigenvalue weighted by Gasteiger charge is 2.20. The summed E-state index contributed by atoms with van der Waals surface area (Å²) < 4.78 is 6.08. The maximum absolute atomic E-state index is 11.3. The van der Waals surface area contributed by atoms with E-state index in [4.69, 9.17) is 4.74 Å². The quantitative estimate of drug-likeness (QED) is 0.333. The Balaban J connectivity index is 0. The van der Waals surface area contributed by atoms with Crippen LogP contribution in [0.4, 0.5) is 0 Å². The van der Waals surface area contributed by atoms with Crippen LogP contribution in [0.5, 0.6) is 0 Å². The summed E-state index contributed by atoms with van der Waals surface area (Å²) in [4.78, 5) is 11.3. The fourth-order valence-electron chi connectivity index (χ4n) is 1.11. The van der Waals surface area contributed by atoms with Crippen LogP contribution in [0.2, 0.25) is 0 Å². The molecule has 0 fully saturated rings. The lowest BCUT2D eigenvalue weighted by atomic mass is 10.2. The van der Waals surface area contributed by atoms with Crippen molar-refractivity contribution in [3.05, 3.63) is 12.2 Å². The van der Waals surface area contributed by atoms with Crippen molar-refractivity contribution in [3.8, 4) is 0 Å². The van der Waals surface area contributed by atoms with Gasteiger partial charge in [-0.1, -0.05) is 13.5 Å². The number of esters is 1. The first-order valence-electron chi connectivity index (χ1n) is 4.93. The molecular formula is C11H22ClNO2. The Bertz CT molecular complexity index is 221. The second-order valence-electron chi connectivity index (χ2n) is 4.69. The van der Waals surface area contributed by atoms with Crippen molar-refractivity contribution in [1.82, 2.24) is 0 Å². The molecule has 1 unspecified atom stereocenters. The molecule has 0 saturated heterocycles. The zero-order valence-corrected chi connectivity index (χ0v) is 11.1. The molecule has 0 spiro atoms. The van der Waals surface area contributed by atoms with Gasteiger partial charge in [0.25, 0.3) is 0 Å². The zero-order chi connectivity index (χ0) is 11.4. The van der Waals surface area contributed by atoms with E-state index in [0.29, 0.717) is 5.57 Å². The van der Waals surface area contributed by atoms with Gasteiger partial charge in [0, 0.05) is 5.57 Å². The SMILES string of the molecule is C=C(C)C(=O)OC(CC)C[N+](C)(C)C.[Cl-]. The van der Waals surface area contributed by atoms with Crippen LogP contribution in [-0.2, 0) is 9.53 Å². The van der Waals surface area contributed by atoms with Gasteiger partial charge >= 0.3 is 5.97 Å². The number of halogens is 1. The Hall–Kier alpha value is -0.540. The van der Waals surface area contributed by atoms with Gasteiger partial charge in [-0.3, -0.25) is 0 Å². The summed E-state index contributed by atoms with van der Waals surface area (Å²) in [5, 5.41) is 0. The van der Waals surface area contributed by atoms with E-state index in [2.05, 4.69) is 27.7 Å². The second kappa shape index (κ2) is 6.85. The molecule has 0 saturated carbocycles. The summed E-state index contributed by atoms with van der Waals surface area (Å²) in [6.45, 7) is 8.08. The van der Waals surface area contributed by atoms with Gasteiger partial charge < -0.3 is 21.6 Å². The molecule has 0 N–H and O–H groups in total. The van der Waals surface area contributed by atoms with E-state index in [1.54, 1.807) is 6.92 Å². The fraction of sp³-hybridized carbons (Fsp3) is 0.727. The molecule has 0 heterocycles. The van der Waals surface area contributed by atoms with Crippen molar-refractivity contribution in [2.45, 2.75) is 26.4 Å². The highest BCUT2D eigenvalue weighted by Crippen LogP contribution is 2.06. The Morgan fingerprint density at radius 1 is 1.40 bits per heavy atom. The molecule has 90 valence electrons. The largest absolute Gasteiger partial charge is 1.00 e. The first kappa shape index (κ1) is 16.9. The van der Waals surface area contributed by atoms with Gasteiger partial charge in [0.2, 0.25) is 0 Å². The third-order valence-corrected chi connectivity index (χ3v) is 1.83. The van der Waals surface area contributed by atoms with Crippen molar-refractivity contribution in [2.24, 2.45) is 0 Å². The Labute approximate surface area is 99.1 Å². The normalized spacial score (nSPS) is 12.6. The number of likely N-dealkylation sites (N-methyl/N-ethyl adjacent to an activating group) is 1. The number of hydrogen-bond acceptors (Lipinski definition) is 2. The minimum Gasteiger partial charge on any atom is -1.00 e. The Kier molecular flexibility index (Phi) is 7.71. The van der Waals surface area contributed by atoms with Gasteiger partial charge in [0.15, 0.2) is 6.10 Å². The highest BCUT2D eigenvalue weighted by molar-refractivity contribution is 5.87. The summed E-state index contributed by atoms with van der Waals surface area (Å²) >= 11 is 0.